The number of hydrogen-bond donors (Lipinski definition) is 2. The summed E-state index contributed by atoms with van der Waals surface area (Å²) in [6.07, 6.45) is 0.869. The maximum Gasteiger partial charge on any atom is 0 e. The van der Waals surface area contributed by atoms with E-state index in [-0.39, 0.29) is 63.4 Å². The quantitative estimate of drug-likeness (QED) is 0.0789. The van der Waals surface area contributed by atoms with Gasteiger partial charge in [-0.05, 0) is 50.5 Å². The molecule has 365 valence electrons. The van der Waals surface area contributed by atoms with Crippen molar-refractivity contribution in [2.24, 2.45) is 9.98 Å². The summed E-state index contributed by atoms with van der Waals surface area (Å²) in [4.78, 5) is 10.5. The Hall–Kier alpha value is -3.81. The molecule has 2 heterocycles. The predicted molar refractivity (Wildman–Crippen MR) is 247 cm³/mol. The number of aliphatic imine (C=N–C) groups is 2. The first-order valence-electron chi connectivity index (χ1n) is 21.6. The molecule has 66 heavy (non-hydrogen) atoms. The van der Waals surface area contributed by atoms with Crippen molar-refractivity contribution in [3.05, 3.63) is 129 Å². The summed E-state index contributed by atoms with van der Waals surface area (Å²) in [5.41, 5.74) is 5.97. The molecule has 0 amide bonds. The SMILES string of the molecule is CC(C)(C)c1cc(C=N[C@@H]2[C@@H](N=Cc3cc(C(C)(C)C)cc(C(C)(C)C)c3O)[C@@H](OCc3ccccc3)O[C@@H]3COC(c4ccccc4)O[C@@H]23)c(O)c(C(C)(C)C)c1.F[P-](F)(F)(F)(F)F.[Mn]. The second-order valence-corrected chi connectivity index (χ2v) is 22.9. The molecule has 0 aliphatic carbocycles. The molecule has 6 atom stereocenters. The Labute approximate surface area is 395 Å². The van der Waals surface area contributed by atoms with Gasteiger partial charge in [-0.25, -0.2) is 0 Å². The van der Waals surface area contributed by atoms with Crippen LogP contribution in [-0.4, -0.2) is 59.8 Å². The van der Waals surface area contributed by atoms with E-state index in [1.807, 2.05) is 72.8 Å². The number of ether oxygens (including phenoxy) is 4. The van der Waals surface area contributed by atoms with E-state index >= 15 is 0 Å². The van der Waals surface area contributed by atoms with E-state index in [2.05, 4.69) is 95.2 Å². The zero-order valence-corrected chi connectivity index (χ0v) is 41.7. The Morgan fingerprint density at radius 1 is 0.621 bits per heavy atom. The average Bonchev–Trinajstić information content (AvgIpc) is 3.17. The molecular formula is C50H64F6MnN2O6P-. The van der Waals surface area contributed by atoms with E-state index in [9.17, 15) is 35.4 Å². The fourth-order valence-electron chi connectivity index (χ4n) is 7.43. The van der Waals surface area contributed by atoms with Crippen molar-refractivity contribution in [2.75, 3.05) is 6.61 Å². The first kappa shape index (κ1) is 54.8. The minimum atomic E-state index is -10.7. The van der Waals surface area contributed by atoms with Gasteiger partial charge in [0.25, 0.3) is 0 Å². The van der Waals surface area contributed by atoms with Gasteiger partial charge in [0.15, 0.2) is 12.6 Å². The Morgan fingerprint density at radius 3 is 1.47 bits per heavy atom. The van der Waals surface area contributed by atoms with E-state index in [0.29, 0.717) is 11.1 Å². The van der Waals surface area contributed by atoms with Crippen LogP contribution < -0.4 is 0 Å². The Bertz CT molecular complexity index is 2330. The van der Waals surface area contributed by atoms with Gasteiger partial charge in [-0.1, -0.05) is 156 Å². The number of fused-ring (bicyclic) bond motifs is 1. The molecule has 0 saturated carbocycles. The van der Waals surface area contributed by atoms with Crippen molar-refractivity contribution >= 4 is 20.2 Å². The van der Waals surface area contributed by atoms with Crippen LogP contribution >= 0.6 is 7.81 Å². The van der Waals surface area contributed by atoms with Gasteiger partial charge in [0.05, 0.1) is 13.2 Å². The van der Waals surface area contributed by atoms with Gasteiger partial charge < -0.3 is 29.2 Å². The molecule has 2 aliphatic heterocycles. The van der Waals surface area contributed by atoms with Gasteiger partial charge in [0.2, 0.25) is 0 Å². The number of benzene rings is 4. The molecule has 2 N–H and O–H groups in total. The second kappa shape index (κ2) is 19.3. The van der Waals surface area contributed by atoms with E-state index in [0.717, 1.165) is 33.4 Å². The summed E-state index contributed by atoms with van der Waals surface area (Å²) in [6, 6.07) is 26.7. The van der Waals surface area contributed by atoms with Crippen LogP contribution in [0, 0.1) is 0 Å². The van der Waals surface area contributed by atoms with Crippen molar-refractivity contribution in [2.45, 2.75) is 148 Å². The summed E-state index contributed by atoms with van der Waals surface area (Å²) in [5.74, 6) is 0.379. The molecular weight excluding hydrogens is 924 g/mol. The van der Waals surface area contributed by atoms with Crippen molar-refractivity contribution in [1.29, 1.82) is 0 Å². The number of phenolic OH excluding ortho intramolecular Hbond substituents is 2. The van der Waals surface area contributed by atoms with E-state index in [1.54, 1.807) is 12.4 Å². The molecule has 2 aliphatic rings. The molecule has 2 saturated heterocycles. The summed E-state index contributed by atoms with van der Waals surface area (Å²) < 4.78 is 85.6. The maximum absolute atomic E-state index is 11.8. The summed E-state index contributed by atoms with van der Waals surface area (Å²) in [7, 11) is -10.7. The van der Waals surface area contributed by atoms with Gasteiger partial charge in [-0.3, -0.25) is 9.98 Å². The third-order valence-electron chi connectivity index (χ3n) is 11.1. The molecule has 0 spiro atoms. The van der Waals surface area contributed by atoms with E-state index in [1.165, 1.54) is 0 Å². The number of nitrogens with zero attached hydrogens (tertiary/aromatic N) is 2. The molecule has 0 aromatic heterocycles. The average molecular weight is 989 g/mol. The van der Waals surface area contributed by atoms with Gasteiger partial charge in [0.1, 0.15) is 35.8 Å². The molecule has 6 rings (SSSR count). The minimum Gasteiger partial charge on any atom is 0 e. The minimum absolute atomic E-state index is 0. The van der Waals surface area contributed by atoms with Crippen LogP contribution in [0.15, 0.2) is 94.9 Å². The predicted octanol–water partition coefficient (Wildman–Crippen LogP) is 14.0. The largest absolute Gasteiger partial charge is 0 e. The first-order chi connectivity index (χ1) is 29.6. The Balaban J connectivity index is 0.00000110. The van der Waals surface area contributed by atoms with E-state index < -0.39 is 44.7 Å². The van der Waals surface area contributed by atoms with Crippen molar-refractivity contribution in [3.63, 3.8) is 0 Å². The van der Waals surface area contributed by atoms with Crippen LogP contribution in [0.25, 0.3) is 0 Å². The Kier molecular flexibility index (Phi) is 16.0. The number of hydrogen-bond acceptors (Lipinski definition) is 8. The van der Waals surface area contributed by atoms with Gasteiger partial charge in [0, 0.05) is 57.3 Å². The zero-order chi connectivity index (χ0) is 48.6. The van der Waals surface area contributed by atoms with Crippen LogP contribution in [0.4, 0.5) is 25.2 Å². The van der Waals surface area contributed by atoms with Crippen LogP contribution in [0.1, 0.15) is 134 Å². The fraction of sp³-hybridized carbons (Fsp3) is 0.480. The standard InChI is InChI=1S/C50H64N2O6.F6P.Mn/c1-47(2,3)35-23-33(42(53)37(25-35)49(7,8)9)27-51-40-41(52-28-34-24-36(48(4,5)6)26-38(43(34)54)50(10,11)12)46(55-29-31-19-15-13-16-20-31)57-39-30-56-45(58-44(39)40)32-21-17-14-18-22-32;1-7(2,3,4,5)6;/h13-28,39-41,44-46,53-54H,29-30H2,1-12H3;;/q;-1;/t39-,40-,41-,44-,45?,46+;;/m1../s1. The van der Waals surface area contributed by atoms with Crippen molar-refractivity contribution < 1.29 is 71.4 Å². The summed E-state index contributed by atoms with van der Waals surface area (Å²) >= 11 is 0. The van der Waals surface area contributed by atoms with Gasteiger partial charge in [-0.2, -0.15) is 0 Å². The number of rotatable bonds is 8. The zero-order valence-electron chi connectivity index (χ0n) is 39.6. The van der Waals surface area contributed by atoms with Gasteiger partial charge >= 0.3 is 33.0 Å². The maximum atomic E-state index is 11.8. The van der Waals surface area contributed by atoms with Gasteiger partial charge in [-0.15, -0.1) is 0 Å². The monoisotopic (exact) mass is 988 g/mol. The molecule has 8 nitrogen and oxygen atoms in total. The molecule has 4 aromatic rings. The van der Waals surface area contributed by atoms with Crippen molar-refractivity contribution in [1.82, 2.24) is 0 Å². The third-order valence-corrected chi connectivity index (χ3v) is 11.1. The van der Waals surface area contributed by atoms with Crippen LogP contribution in [0.3, 0.4) is 0 Å². The molecule has 0 bridgehead atoms. The number of aromatic hydroxyl groups is 2. The topological polar surface area (TPSA) is 102 Å². The van der Waals surface area contributed by atoms with Crippen molar-refractivity contribution in [3.8, 4) is 11.5 Å². The third kappa shape index (κ3) is 15.6. The smallest absolute Gasteiger partial charge is 0 e. The van der Waals surface area contributed by atoms with Crippen LogP contribution in [0.2, 0.25) is 0 Å². The molecule has 4 aromatic carbocycles. The normalized spacial score (nSPS) is 23.0. The molecule has 16 heteroatoms. The molecule has 1 unspecified atom stereocenters. The van der Waals surface area contributed by atoms with Crippen LogP contribution in [0.5, 0.6) is 11.5 Å². The second-order valence-electron chi connectivity index (χ2n) is 20.9. The molecule has 2 fully saturated rings. The number of phenols is 2. The Morgan fingerprint density at radius 2 is 1.05 bits per heavy atom. The summed E-state index contributed by atoms with van der Waals surface area (Å²) in [5, 5.41) is 23.6. The molecule has 1 radical (unpaired) electrons. The van der Waals surface area contributed by atoms with Crippen LogP contribution in [-0.2, 0) is 64.3 Å². The number of halogens is 6. The first-order valence-corrected chi connectivity index (χ1v) is 23.6. The summed E-state index contributed by atoms with van der Waals surface area (Å²) in [6.45, 7) is 26.2. The van der Waals surface area contributed by atoms with E-state index in [4.69, 9.17) is 28.9 Å². The fourth-order valence-corrected chi connectivity index (χ4v) is 7.43.